The molecule has 1 N–H and O–H groups in total. The first-order valence-corrected chi connectivity index (χ1v) is 12.9. The number of sulfonamides is 1. The molecule has 0 aliphatic rings. The maximum Gasteiger partial charge on any atom is 0.265 e. The lowest BCUT2D eigenvalue weighted by Crippen LogP contribution is -2.29. The van der Waals surface area contributed by atoms with Gasteiger partial charge in [-0.2, -0.15) is 0 Å². The van der Waals surface area contributed by atoms with Crippen molar-refractivity contribution in [2.45, 2.75) is 13.5 Å². The Morgan fingerprint density at radius 3 is 2.33 bits per heavy atom. The molecule has 1 aromatic heterocycles. The van der Waals surface area contributed by atoms with Crippen LogP contribution in [0, 0.1) is 6.92 Å². The number of carbonyl (C=O) groups is 1. The van der Waals surface area contributed by atoms with Crippen molar-refractivity contribution in [3.8, 4) is 5.75 Å². The van der Waals surface area contributed by atoms with Crippen LogP contribution in [-0.4, -0.2) is 27.7 Å². The highest BCUT2D eigenvalue weighted by Gasteiger charge is 2.19. The molecule has 4 rings (SSSR count). The Hall–Kier alpha value is -3.36. The van der Waals surface area contributed by atoms with E-state index in [1.54, 1.807) is 43.5 Å². The van der Waals surface area contributed by atoms with Crippen LogP contribution in [0.25, 0.3) is 10.1 Å². The fourth-order valence-electron chi connectivity index (χ4n) is 3.42. The number of ether oxygens (including phenoxy) is 1. The summed E-state index contributed by atoms with van der Waals surface area (Å²) in [7, 11) is -1.92. The molecule has 0 aliphatic carbocycles. The number of amides is 1. The highest BCUT2D eigenvalue weighted by atomic mass is 32.2. The van der Waals surface area contributed by atoms with Gasteiger partial charge < -0.3 is 10.1 Å². The van der Waals surface area contributed by atoms with E-state index in [-0.39, 0.29) is 12.5 Å². The maximum absolute atomic E-state index is 12.7. The molecule has 33 heavy (non-hydrogen) atoms. The smallest absolute Gasteiger partial charge is 0.265 e. The summed E-state index contributed by atoms with van der Waals surface area (Å²) < 4.78 is 32.5. The zero-order valence-electron chi connectivity index (χ0n) is 18.5. The summed E-state index contributed by atoms with van der Waals surface area (Å²) in [5, 5.41) is 3.69. The summed E-state index contributed by atoms with van der Waals surface area (Å²) in [6.45, 7) is 2.23. The fraction of sp³-hybridized carbons (Fsp3) is 0.160. The van der Waals surface area contributed by atoms with Gasteiger partial charge in [0.2, 0.25) is 10.0 Å². The van der Waals surface area contributed by atoms with E-state index in [9.17, 15) is 13.2 Å². The van der Waals surface area contributed by atoms with Gasteiger partial charge in [0.15, 0.2) is 0 Å². The van der Waals surface area contributed by atoms with Crippen molar-refractivity contribution in [3.05, 3.63) is 88.8 Å². The van der Waals surface area contributed by atoms with E-state index in [1.165, 1.54) is 21.9 Å². The van der Waals surface area contributed by atoms with E-state index in [0.717, 1.165) is 21.2 Å². The van der Waals surface area contributed by atoms with E-state index >= 15 is 0 Å². The van der Waals surface area contributed by atoms with Gasteiger partial charge in [-0.3, -0.25) is 9.10 Å². The number of nitrogens with zero attached hydrogens (tertiary/aromatic N) is 1. The van der Waals surface area contributed by atoms with Crippen LogP contribution in [0.2, 0.25) is 0 Å². The van der Waals surface area contributed by atoms with Gasteiger partial charge in [-0.15, -0.1) is 11.3 Å². The highest BCUT2D eigenvalue weighted by molar-refractivity contribution is 7.92. The Morgan fingerprint density at radius 2 is 1.70 bits per heavy atom. The van der Waals surface area contributed by atoms with Crippen molar-refractivity contribution in [2.75, 3.05) is 23.0 Å². The van der Waals surface area contributed by atoms with Crippen molar-refractivity contribution in [1.29, 1.82) is 0 Å². The average Bonchev–Trinajstić information content (AvgIpc) is 3.22. The Labute approximate surface area is 197 Å². The number of benzene rings is 3. The van der Waals surface area contributed by atoms with Gasteiger partial charge in [0.05, 0.1) is 30.5 Å². The van der Waals surface area contributed by atoms with E-state index in [1.807, 2.05) is 43.3 Å². The van der Waals surface area contributed by atoms with Gasteiger partial charge in [-0.1, -0.05) is 29.8 Å². The molecule has 1 heterocycles. The minimum Gasteiger partial charge on any atom is -0.497 e. The van der Waals surface area contributed by atoms with Crippen molar-refractivity contribution < 1.29 is 17.9 Å². The first-order valence-electron chi connectivity index (χ1n) is 10.3. The largest absolute Gasteiger partial charge is 0.497 e. The molecular weight excluding hydrogens is 456 g/mol. The number of methoxy groups -OCH3 is 1. The van der Waals surface area contributed by atoms with Gasteiger partial charge in [0.25, 0.3) is 5.91 Å². The number of carbonyl (C=O) groups excluding carboxylic acids is 1. The number of thiophene rings is 1. The second-order valence-corrected chi connectivity index (χ2v) is 10.8. The van der Waals surface area contributed by atoms with Gasteiger partial charge in [0, 0.05) is 10.4 Å². The van der Waals surface area contributed by atoms with Crippen molar-refractivity contribution in [2.24, 2.45) is 0 Å². The van der Waals surface area contributed by atoms with E-state index < -0.39 is 10.0 Å². The molecule has 8 heteroatoms. The first kappa shape index (κ1) is 22.8. The summed E-state index contributed by atoms with van der Waals surface area (Å²) in [5.74, 6) is 0.492. The minimum absolute atomic E-state index is 0.220. The second-order valence-electron chi connectivity index (χ2n) is 7.77. The highest BCUT2D eigenvalue weighted by Crippen LogP contribution is 2.31. The van der Waals surface area contributed by atoms with Gasteiger partial charge in [-0.25, -0.2) is 8.42 Å². The number of rotatable bonds is 7. The Kier molecular flexibility index (Phi) is 6.40. The van der Waals surface area contributed by atoms with E-state index in [4.69, 9.17) is 4.74 Å². The number of nitrogens with one attached hydrogen (secondary N) is 1. The molecule has 6 nitrogen and oxygen atoms in total. The first-order chi connectivity index (χ1) is 15.7. The van der Waals surface area contributed by atoms with Crippen LogP contribution in [0.15, 0.2) is 72.8 Å². The standard InChI is InChI=1S/C25H24N2O4S2/c1-17-4-6-18(7-5-17)16-27(33(3,29)30)21-10-13-23-19(14-21)15-24(32-23)25(28)26-20-8-11-22(31-2)12-9-20/h4-15H,16H2,1-3H3,(H,26,28). The normalized spacial score (nSPS) is 11.4. The molecule has 170 valence electrons. The average molecular weight is 481 g/mol. The third-order valence-electron chi connectivity index (χ3n) is 5.21. The SMILES string of the molecule is COc1ccc(NC(=O)c2cc3cc(N(Cc4ccc(C)cc4)S(C)(=O)=O)ccc3s2)cc1. The molecule has 0 radical (unpaired) electrons. The summed E-state index contributed by atoms with van der Waals surface area (Å²) in [4.78, 5) is 13.3. The summed E-state index contributed by atoms with van der Waals surface area (Å²) in [5.41, 5.74) is 3.24. The zero-order chi connectivity index (χ0) is 23.6. The van der Waals surface area contributed by atoms with Crippen LogP contribution in [0.5, 0.6) is 5.75 Å². The number of hydrogen-bond donors (Lipinski definition) is 1. The number of hydrogen-bond acceptors (Lipinski definition) is 5. The molecule has 0 atom stereocenters. The molecule has 3 aromatic carbocycles. The predicted octanol–water partition coefficient (Wildman–Crippen LogP) is 5.44. The van der Waals surface area contributed by atoms with Crippen LogP contribution in [0.3, 0.4) is 0 Å². The van der Waals surface area contributed by atoms with Crippen molar-refractivity contribution >= 4 is 48.7 Å². The van der Waals surface area contributed by atoms with Crippen LogP contribution in [0.4, 0.5) is 11.4 Å². The molecule has 0 saturated heterocycles. The van der Waals surface area contributed by atoms with Crippen molar-refractivity contribution in [3.63, 3.8) is 0 Å². The van der Waals surface area contributed by atoms with Gasteiger partial charge >= 0.3 is 0 Å². The number of aryl methyl sites for hydroxylation is 1. The van der Waals surface area contributed by atoms with Crippen LogP contribution >= 0.6 is 11.3 Å². The molecule has 1 amide bonds. The molecule has 0 bridgehead atoms. The van der Waals surface area contributed by atoms with Crippen LogP contribution in [0.1, 0.15) is 20.8 Å². The van der Waals surface area contributed by atoms with Gasteiger partial charge in [-0.05, 0) is 66.4 Å². The van der Waals surface area contributed by atoms with Crippen LogP contribution in [-0.2, 0) is 16.6 Å². The molecule has 0 fully saturated rings. The monoisotopic (exact) mass is 480 g/mol. The second kappa shape index (κ2) is 9.25. The summed E-state index contributed by atoms with van der Waals surface area (Å²) in [6, 6.07) is 22.1. The third-order valence-corrected chi connectivity index (χ3v) is 7.46. The van der Waals surface area contributed by atoms with Gasteiger partial charge in [0.1, 0.15) is 5.75 Å². The fourth-order valence-corrected chi connectivity index (χ4v) is 5.24. The van der Waals surface area contributed by atoms with Crippen molar-refractivity contribution in [1.82, 2.24) is 0 Å². The molecule has 0 spiro atoms. The summed E-state index contributed by atoms with van der Waals surface area (Å²) >= 11 is 1.36. The predicted molar refractivity (Wildman–Crippen MR) is 135 cm³/mol. The Morgan fingerprint density at radius 1 is 1.00 bits per heavy atom. The number of fused-ring (bicyclic) bond motifs is 1. The van der Waals surface area contributed by atoms with Crippen LogP contribution < -0.4 is 14.4 Å². The lowest BCUT2D eigenvalue weighted by atomic mass is 10.1. The molecule has 0 saturated carbocycles. The summed E-state index contributed by atoms with van der Waals surface area (Å²) in [6.07, 6.45) is 1.20. The lowest BCUT2D eigenvalue weighted by molar-refractivity contribution is 0.103. The quantitative estimate of drug-likeness (QED) is 0.382. The Balaban J connectivity index is 1.60. The minimum atomic E-state index is -3.50. The van der Waals surface area contributed by atoms with E-state index in [0.29, 0.717) is 22.0 Å². The molecular formula is C25H24N2O4S2. The topological polar surface area (TPSA) is 75.7 Å². The number of anilines is 2. The lowest BCUT2D eigenvalue weighted by Gasteiger charge is -2.22. The molecule has 0 aliphatic heterocycles. The Bertz CT molecular complexity index is 1390. The zero-order valence-corrected chi connectivity index (χ0v) is 20.2. The molecule has 4 aromatic rings. The van der Waals surface area contributed by atoms with E-state index in [2.05, 4.69) is 5.32 Å². The molecule has 0 unspecified atom stereocenters. The third kappa shape index (κ3) is 5.35. The maximum atomic E-state index is 12.7.